The van der Waals surface area contributed by atoms with Gasteiger partial charge in [0.25, 0.3) is 0 Å². The molecule has 0 radical (unpaired) electrons. The highest BCUT2D eigenvalue weighted by Gasteiger charge is 2.26. The van der Waals surface area contributed by atoms with E-state index >= 15 is 0 Å². The third kappa shape index (κ3) is 6.26. The van der Waals surface area contributed by atoms with Gasteiger partial charge < -0.3 is 19.7 Å². The molecule has 1 atom stereocenters. The summed E-state index contributed by atoms with van der Waals surface area (Å²) in [5, 5.41) is 3.07. The summed E-state index contributed by atoms with van der Waals surface area (Å²) in [6, 6.07) is 13.7. The van der Waals surface area contributed by atoms with Gasteiger partial charge in [0.2, 0.25) is 5.91 Å². The van der Waals surface area contributed by atoms with Gasteiger partial charge in [0.1, 0.15) is 11.6 Å². The molecule has 0 saturated carbocycles. The van der Waals surface area contributed by atoms with Crippen LogP contribution in [0, 0.1) is 11.7 Å². The van der Waals surface area contributed by atoms with E-state index in [4.69, 9.17) is 9.47 Å². The lowest BCUT2D eigenvalue weighted by molar-refractivity contribution is -0.125. The zero-order valence-electron chi connectivity index (χ0n) is 20.2. The molecule has 1 N–H and O–H groups in total. The zero-order chi connectivity index (χ0) is 24.6. The molecular formula is C27H31FN4O3. The topological polar surface area (TPSA) is 76.6 Å². The third-order valence-corrected chi connectivity index (χ3v) is 5.93. The molecular weight excluding hydrogens is 447 g/mol. The summed E-state index contributed by atoms with van der Waals surface area (Å²) < 4.78 is 24.6. The summed E-state index contributed by atoms with van der Waals surface area (Å²) >= 11 is 0. The van der Waals surface area contributed by atoms with Gasteiger partial charge in [0.05, 0.1) is 19.1 Å². The number of rotatable bonds is 9. The zero-order valence-corrected chi connectivity index (χ0v) is 20.2. The van der Waals surface area contributed by atoms with E-state index in [9.17, 15) is 9.18 Å². The van der Waals surface area contributed by atoms with Crippen LogP contribution in [0.1, 0.15) is 32.3 Å². The first-order valence-electron chi connectivity index (χ1n) is 12.1. The molecule has 184 valence electrons. The number of halogens is 1. The lowest BCUT2D eigenvalue weighted by atomic mass is 9.97. The number of benzene rings is 2. The molecule has 8 heteroatoms. The predicted octanol–water partition coefficient (Wildman–Crippen LogP) is 4.61. The smallest absolute Gasteiger partial charge is 0.225 e. The molecule has 2 aromatic carbocycles. The quantitative estimate of drug-likeness (QED) is 0.484. The van der Waals surface area contributed by atoms with Crippen molar-refractivity contribution in [3.05, 3.63) is 66.1 Å². The second-order valence-electron chi connectivity index (χ2n) is 8.40. The van der Waals surface area contributed by atoms with Crippen molar-refractivity contribution in [3.63, 3.8) is 0 Å². The van der Waals surface area contributed by atoms with Crippen molar-refractivity contribution >= 4 is 11.7 Å². The average Bonchev–Trinajstić information content (AvgIpc) is 2.89. The SMILES string of the molecule is CCOc1ccc(CNC(=O)[C@H]2CCCN(c3ccnc(-c4ccc(F)cc4)n3)C2)cc1OCC. The number of aromatic nitrogens is 2. The maximum atomic E-state index is 13.3. The number of nitrogens with zero attached hydrogens (tertiary/aromatic N) is 3. The van der Waals surface area contributed by atoms with E-state index in [0.29, 0.717) is 43.6 Å². The maximum Gasteiger partial charge on any atom is 0.225 e. The van der Waals surface area contributed by atoms with E-state index in [-0.39, 0.29) is 17.6 Å². The number of hydrogen-bond donors (Lipinski definition) is 1. The summed E-state index contributed by atoms with van der Waals surface area (Å²) in [5.41, 5.74) is 1.71. The second kappa shape index (κ2) is 11.6. The van der Waals surface area contributed by atoms with Crippen molar-refractivity contribution in [2.24, 2.45) is 5.92 Å². The maximum absolute atomic E-state index is 13.3. The molecule has 3 aromatic rings. The first-order valence-corrected chi connectivity index (χ1v) is 12.1. The Morgan fingerprint density at radius 3 is 2.63 bits per heavy atom. The predicted molar refractivity (Wildman–Crippen MR) is 133 cm³/mol. The standard InChI is InChI=1S/C27H31FN4O3/c1-3-34-23-12-7-19(16-24(23)35-4-2)17-30-27(33)21-6-5-15-32(18-21)25-13-14-29-26(31-25)20-8-10-22(28)11-9-20/h7-14,16,21H,3-6,15,17-18H2,1-2H3,(H,30,33)/t21-/m0/s1. The fraction of sp³-hybridized carbons (Fsp3) is 0.370. The van der Waals surface area contributed by atoms with Gasteiger partial charge in [-0.25, -0.2) is 14.4 Å². The van der Waals surface area contributed by atoms with Crippen LogP contribution in [0.15, 0.2) is 54.7 Å². The van der Waals surface area contributed by atoms with Crippen LogP contribution >= 0.6 is 0 Å². The number of carbonyl (C=O) groups is 1. The third-order valence-electron chi connectivity index (χ3n) is 5.93. The minimum Gasteiger partial charge on any atom is -0.490 e. The van der Waals surface area contributed by atoms with Crippen LogP contribution in [-0.2, 0) is 11.3 Å². The van der Waals surface area contributed by atoms with E-state index in [1.54, 1.807) is 18.3 Å². The molecule has 0 spiro atoms. The molecule has 7 nitrogen and oxygen atoms in total. The molecule has 0 unspecified atom stereocenters. The molecule has 1 aliphatic heterocycles. The highest BCUT2D eigenvalue weighted by Crippen LogP contribution is 2.29. The number of carbonyl (C=O) groups excluding carboxylic acids is 1. The van der Waals surface area contributed by atoms with E-state index in [2.05, 4.69) is 20.2 Å². The van der Waals surface area contributed by atoms with E-state index in [0.717, 1.165) is 36.3 Å². The Hall–Kier alpha value is -3.68. The van der Waals surface area contributed by atoms with Gasteiger partial charge in [0.15, 0.2) is 17.3 Å². The highest BCUT2D eigenvalue weighted by molar-refractivity contribution is 5.79. The van der Waals surface area contributed by atoms with Crippen LogP contribution in [0.5, 0.6) is 11.5 Å². The van der Waals surface area contributed by atoms with E-state index in [1.807, 2.05) is 38.1 Å². The number of nitrogens with one attached hydrogen (secondary N) is 1. The highest BCUT2D eigenvalue weighted by atomic mass is 19.1. The molecule has 1 amide bonds. The second-order valence-corrected chi connectivity index (χ2v) is 8.40. The number of ether oxygens (including phenoxy) is 2. The summed E-state index contributed by atoms with van der Waals surface area (Å²) in [7, 11) is 0. The molecule has 35 heavy (non-hydrogen) atoms. The Balaban J connectivity index is 1.39. The first-order chi connectivity index (χ1) is 17.1. The van der Waals surface area contributed by atoms with Crippen molar-refractivity contribution in [2.45, 2.75) is 33.2 Å². The molecule has 1 aromatic heterocycles. The lowest BCUT2D eigenvalue weighted by Gasteiger charge is -2.33. The summed E-state index contributed by atoms with van der Waals surface area (Å²) in [4.78, 5) is 24.1. The minimum atomic E-state index is -0.297. The van der Waals surface area contributed by atoms with E-state index < -0.39 is 0 Å². The van der Waals surface area contributed by atoms with Gasteiger partial charge in [0, 0.05) is 31.4 Å². The summed E-state index contributed by atoms with van der Waals surface area (Å²) in [6.07, 6.45) is 3.42. The van der Waals surface area contributed by atoms with Crippen LogP contribution in [-0.4, -0.2) is 42.2 Å². The normalized spacial score (nSPS) is 15.5. The van der Waals surface area contributed by atoms with Crippen LogP contribution in [0.4, 0.5) is 10.2 Å². The fourth-order valence-corrected chi connectivity index (χ4v) is 4.20. The van der Waals surface area contributed by atoms with Crippen LogP contribution in [0.2, 0.25) is 0 Å². The van der Waals surface area contributed by atoms with E-state index in [1.165, 1.54) is 12.1 Å². The van der Waals surface area contributed by atoms with Gasteiger partial charge in [-0.05, 0) is 74.7 Å². The Labute approximate surface area is 205 Å². The largest absolute Gasteiger partial charge is 0.490 e. The lowest BCUT2D eigenvalue weighted by Crippen LogP contribution is -2.43. The number of hydrogen-bond acceptors (Lipinski definition) is 6. The summed E-state index contributed by atoms with van der Waals surface area (Å²) in [6.45, 7) is 6.79. The minimum absolute atomic E-state index is 0.0226. The monoisotopic (exact) mass is 478 g/mol. The Morgan fingerprint density at radius 1 is 1.09 bits per heavy atom. The van der Waals surface area contributed by atoms with Crippen LogP contribution < -0.4 is 19.7 Å². The van der Waals surface area contributed by atoms with Gasteiger partial charge in [-0.2, -0.15) is 0 Å². The van der Waals surface area contributed by atoms with Gasteiger partial charge in [-0.15, -0.1) is 0 Å². The first kappa shape index (κ1) is 24.4. The summed E-state index contributed by atoms with van der Waals surface area (Å²) in [5.74, 6) is 2.28. The Kier molecular flexibility index (Phi) is 8.13. The average molecular weight is 479 g/mol. The van der Waals surface area contributed by atoms with Crippen molar-refractivity contribution in [1.82, 2.24) is 15.3 Å². The number of piperidine rings is 1. The van der Waals surface area contributed by atoms with Gasteiger partial charge in [-0.3, -0.25) is 4.79 Å². The van der Waals surface area contributed by atoms with Crippen LogP contribution in [0.25, 0.3) is 11.4 Å². The van der Waals surface area contributed by atoms with Crippen LogP contribution in [0.3, 0.4) is 0 Å². The van der Waals surface area contributed by atoms with Gasteiger partial charge in [-0.1, -0.05) is 6.07 Å². The molecule has 0 aliphatic carbocycles. The van der Waals surface area contributed by atoms with Crippen molar-refractivity contribution in [2.75, 3.05) is 31.2 Å². The van der Waals surface area contributed by atoms with Crippen molar-refractivity contribution in [1.29, 1.82) is 0 Å². The number of anilines is 1. The molecule has 4 rings (SSSR count). The molecule has 2 heterocycles. The van der Waals surface area contributed by atoms with Gasteiger partial charge >= 0.3 is 0 Å². The Morgan fingerprint density at radius 2 is 1.86 bits per heavy atom. The fourth-order valence-electron chi connectivity index (χ4n) is 4.20. The molecule has 1 saturated heterocycles. The molecule has 1 fully saturated rings. The number of amides is 1. The van der Waals surface area contributed by atoms with Crippen molar-refractivity contribution in [3.8, 4) is 22.9 Å². The molecule has 1 aliphatic rings. The Bertz CT molecular complexity index is 1140. The molecule has 0 bridgehead atoms. The van der Waals surface area contributed by atoms with Crippen molar-refractivity contribution < 1.29 is 18.7 Å².